The molecule has 5 nitrogen and oxygen atoms in total. The average Bonchev–Trinajstić information content (AvgIpc) is 3.62. The van der Waals surface area contributed by atoms with Crippen molar-refractivity contribution in [2.75, 3.05) is 15.8 Å². The minimum Gasteiger partial charge on any atom is -0.366 e. The van der Waals surface area contributed by atoms with Crippen LogP contribution in [0.3, 0.4) is 0 Å². The van der Waals surface area contributed by atoms with Crippen molar-refractivity contribution in [2.45, 2.75) is 48.5 Å². The van der Waals surface area contributed by atoms with Gasteiger partial charge in [0.25, 0.3) is 10.0 Å². The number of carbonyl (C=O) groups excluding carboxylic acids is 1. The highest BCUT2D eigenvalue weighted by Crippen LogP contribution is 2.66. The molecule has 0 bridgehead atoms. The van der Waals surface area contributed by atoms with Crippen LogP contribution >= 0.6 is 23.4 Å². The van der Waals surface area contributed by atoms with Gasteiger partial charge in [-0.1, -0.05) is 29.8 Å². The monoisotopic (exact) mass is 570 g/mol. The fourth-order valence-corrected chi connectivity index (χ4v) is 9.87. The first kappa shape index (κ1) is 25.7. The maximum absolute atomic E-state index is 14.4. The lowest BCUT2D eigenvalue weighted by atomic mass is 9.65. The van der Waals surface area contributed by atoms with Crippen molar-refractivity contribution < 1.29 is 17.6 Å². The van der Waals surface area contributed by atoms with Crippen LogP contribution in [0, 0.1) is 11.2 Å². The number of rotatable bonds is 6. The number of nitrogens with zero attached hydrogens (tertiary/aromatic N) is 1. The van der Waals surface area contributed by atoms with Gasteiger partial charge in [-0.15, -0.1) is 0 Å². The van der Waals surface area contributed by atoms with Crippen molar-refractivity contribution in [3.63, 3.8) is 0 Å². The van der Waals surface area contributed by atoms with Gasteiger partial charge in [0, 0.05) is 16.0 Å². The topological polar surface area (TPSA) is 80.5 Å². The van der Waals surface area contributed by atoms with Crippen molar-refractivity contribution in [1.82, 2.24) is 0 Å². The van der Waals surface area contributed by atoms with Crippen molar-refractivity contribution >= 4 is 45.0 Å². The molecule has 1 amide bonds. The first-order valence-corrected chi connectivity index (χ1v) is 15.7. The number of nitrogens with two attached hydrogens (primary N) is 1. The molecule has 1 saturated heterocycles. The van der Waals surface area contributed by atoms with E-state index in [4.69, 9.17) is 17.3 Å². The molecule has 0 radical (unpaired) electrons. The van der Waals surface area contributed by atoms with Crippen LogP contribution in [0.15, 0.2) is 71.6 Å². The van der Waals surface area contributed by atoms with E-state index in [2.05, 4.69) is 0 Å². The van der Waals surface area contributed by atoms with E-state index in [-0.39, 0.29) is 16.4 Å². The highest BCUT2D eigenvalue weighted by atomic mass is 35.5. The van der Waals surface area contributed by atoms with Crippen LogP contribution < -0.4 is 10.0 Å². The number of sulfonamides is 1. The highest BCUT2D eigenvalue weighted by Gasteiger charge is 2.66. The van der Waals surface area contributed by atoms with Gasteiger partial charge >= 0.3 is 0 Å². The Labute approximate surface area is 231 Å². The highest BCUT2D eigenvalue weighted by molar-refractivity contribution is 7.99. The summed E-state index contributed by atoms with van der Waals surface area (Å²) in [6.45, 7) is 0. The predicted molar refractivity (Wildman–Crippen MR) is 150 cm³/mol. The molecule has 6 rings (SSSR count). The molecule has 1 saturated carbocycles. The molecule has 3 aliphatic rings. The van der Waals surface area contributed by atoms with Gasteiger partial charge in [-0.2, -0.15) is 11.8 Å². The number of thioether (sulfide) groups is 1. The van der Waals surface area contributed by atoms with Gasteiger partial charge in [-0.3, -0.25) is 9.10 Å². The molecule has 1 atom stereocenters. The maximum atomic E-state index is 14.4. The summed E-state index contributed by atoms with van der Waals surface area (Å²) < 4.78 is 44.3. The van der Waals surface area contributed by atoms with Gasteiger partial charge < -0.3 is 5.73 Å². The molecule has 1 aliphatic carbocycles. The fraction of sp³-hybridized carbons (Fsp3) is 0.345. The molecule has 3 aromatic carbocycles. The number of halogens is 2. The zero-order valence-corrected chi connectivity index (χ0v) is 23.1. The van der Waals surface area contributed by atoms with Gasteiger partial charge in [0.2, 0.25) is 5.91 Å². The molecule has 2 N–H and O–H groups in total. The lowest BCUT2D eigenvalue weighted by Gasteiger charge is -2.46. The second-order valence-electron chi connectivity index (χ2n) is 10.7. The number of benzene rings is 3. The van der Waals surface area contributed by atoms with Crippen LogP contribution in [0.2, 0.25) is 5.02 Å². The Kier molecular flexibility index (Phi) is 6.28. The molecule has 38 heavy (non-hydrogen) atoms. The minimum atomic E-state index is -4.06. The molecule has 1 unspecified atom stereocenters. The number of hydrogen-bond donors (Lipinski definition) is 1. The maximum Gasteiger partial charge on any atom is 0.264 e. The lowest BCUT2D eigenvalue weighted by molar-refractivity contribution is 0.1000. The second-order valence-corrected chi connectivity index (χ2v) is 14.1. The normalized spacial score (nSPS) is 21.3. The van der Waals surface area contributed by atoms with E-state index in [1.54, 1.807) is 16.4 Å². The summed E-state index contributed by atoms with van der Waals surface area (Å²) in [6, 6.07) is 17.5. The van der Waals surface area contributed by atoms with E-state index in [0.717, 1.165) is 48.3 Å². The Balaban J connectivity index is 1.58. The third-order valence-corrected chi connectivity index (χ3v) is 11.7. The zero-order valence-electron chi connectivity index (χ0n) is 20.7. The summed E-state index contributed by atoms with van der Waals surface area (Å²) in [4.78, 5) is 12.3. The van der Waals surface area contributed by atoms with Gasteiger partial charge in [0.15, 0.2) is 0 Å². The third kappa shape index (κ3) is 4.03. The molecule has 2 aliphatic heterocycles. The summed E-state index contributed by atoms with van der Waals surface area (Å²) in [6.07, 6.45) is 3.96. The SMILES string of the molecule is NC(=O)c1ccc2c(c1)C1(CCSCC1)C(C1(Cc3ccccc3Cl)CC1)N2S(=O)(=O)c1ccc(F)cc1. The smallest absolute Gasteiger partial charge is 0.264 e. The summed E-state index contributed by atoms with van der Waals surface area (Å²) in [5.74, 6) is 0.750. The Morgan fingerprint density at radius 2 is 1.71 bits per heavy atom. The predicted octanol–water partition coefficient (Wildman–Crippen LogP) is 5.94. The molecule has 2 fully saturated rings. The molecule has 1 spiro atoms. The first-order valence-electron chi connectivity index (χ1n) is 12.7. The number of primary amides is 1. The Morgan fingerprint density at radius 3 is 2.34 bits per heavy atom. The largest absolute Gasteiger partial charge is 0.366 e. The number of carbonyl (C=O) groups is 1. The first-order chi connectivity index (χ1) is 18.2. The summed E-state index contributed by atoms with van der Waals surface area (Å²) in [5.41, 5.74) is 7.70. The molecular formula is C29H28ClFN2O3S2. The zero-order chi connectivity index (χ0) is 26.7. The molecule has 0 aromatic heterocycles. The number of anilines is 1. The Morgan fingerprint density at radius 1 is 1.03 bits per heavy atom. The van der Waals surface area contributed by atoms with Crippen molar-refractivity contribution in [3.05, 3.63) is 94.3 Å². The van der Waals surface area contributed by atoms with Crippen LogP contribution in [-0.4, -0.2) is 31.9 Å². The quantitative estimate of drug-likeness (QED) is 0.397. The van der Waals surface area contributed by atoms with E-state index >= 15 is 0 Å². The minimum absolute atomic E-state index is 0.0459. The van der Waals surface area contributed by atoms with E-state index in [1.165, 1.54) is 24.3 Å². The summed E-state index contributed by atoms with van der Waals surface area (Å²) in [5, 5.41) is 0.673. The number of amides is 1. The molecule has 9 heteroatoms. The molecular weight excluding hydrogens is 543 g/mol. The van der Waals surface area contributed by atoms with Gasteiger partial charge in [0.05, 0.1) is 16.6 Å². The third-order valence-electron chi connectivity index (χ3n) is 8.54. The van der Waals surface area contributed by atoms with Crippen LogP contribution in [0.5, 0.6) is 0 Å². The van der Waals surface area contributed by atoms with E-state index < -0.39 is 27.2 Å². The van der Waals surface area contributed by atoms with E-state index in [9.17, 15) is 17.6 Å². The van der Waals surface area contributed by atoms with Crippen molar-refractivity contribution in [3.8, 4) is 0 Å². The van der Waals surface area contributed by atoms with Gasteiger partial charge in [-0.25, -0.2) is 12.8 Å². The van der Waals surface area contributed by atoms with Crippen LogP contribution in [-0.2, 0) is 21.9 Å². The van der Waals surface area contributed by atoms with Crippen molar-refractivity contribution in [2.24, 2.45) is 11.1 Å². The van der Waals surface area contributed by atoms with Crippen LogP contribution in [0.1, 0.15) is 47.2 Å². The summed E-state index contributed by atoms with van der Waals surface area (Å²) >= 11 is 8.47. The lowest BCUT2D eigenvalue weighted by Crippen LogP contribution is -2.54. The van der Waals surface area contributed by atoms with Crippen LogP contribution in [0.25, 0.3) is 0 Å². The average molecular weight is 571 g/mol. The van der Waals surface area contributed by atoms with Gasteiger partial charge in [0.1, 0.15) is 5.82 Å². The number of hydrogen-bond acceptors (Lipinski definition) is 4. The number of fused-ring (bicyclic) bond motifs is 2. The summed E-state index contributed by atoms with van der Waals surface area (Å²) in [7, 11) is -4.06. The second kappa shape index (κ2) is 9.28. The Bertz CT molecular complexity index is 1520. The van der Waals surface area contributed by atoms with Crippen LogP contribution in [0.4, 0.5) is 10.1 Å². The standard InChI is InChI=1S/C29H28ClFN2O3S2/c30-24-4-2-1-3-20(24)18-28(11-12-28)27-29(13-15-37-16-14-29)23-17-19(26(32)34)5-10-25(23)33(27)38(35,36)22-8-6-21(31)7-9-22/h1-10,17,27H,11-16,18H2,(H2,32,34). The molecule has 2 heterocycles. The molecule has 3 aromatic rings. The van der Waals surface area contributed by atoms with Gasteiger partial charge in [-0.05, 0) is 109 Å². The fourth-order valence-electron chi connectivity index (χ4n) is 6.62. The van der Waals surface area contributed by atoms with Crippen molar-refractivity contribution in [1.29, 1.82) is 0 Å². The molecule has 198 valence electrons. The Hall–Kier alpha value is -2.55. The van der Waals surface area contributed by atoms with E-state index in [0.29, 0.717) is 22.7 Å². The van der Waals surface area contributed by atoms with E-state index in [1.807, 2.05) is 42.1 Å².